The molecule has 0 aliphatic rings. The van der Waals surface area contributed by atoms with Gasteiger partial charge in [0.2, 0.25) is 0 Å². The van der Waals surface area contributed by atoms with E-state index in [1.165, 1.54) is 0 Å². The summed E-state index contributed by atoms with van der Waals surface area (Å²) in [4.78, 5) is 26.0. The largest absolute Gasteiger partial charge is 0.507 e. The predicted molar refractivity (Wildman–Crippen MR) is 92.8 cm³/mol. The number of rotatable bonds is 5. The van der Waals surface area contributed by atoms with E-state index in [0.717, 1.165) is 16.0 Å². The van der Waals surface area contributed by atoms with Gasteiger partial charge in [-0.05, 0) is 23.1 Å². The molecule has 1 aromatic carbocycles. The van der Waals surface area contributed by atoms with Crippen LogP contribution in [0.2, 0.25) is 0 Å². The first-order valence-electron chi connectivity index (χ1n) is 7.07. The van der Waals surface area contributed by atoms with Crippen LogP contribution in [-0.2, 0) is 9.59 Å². The summed E-state index contributed by atoms with van der Waals surface area (Å²) in [5.74, 6) is -3.17. The molecule has 0 saturated heterocycles. The number of nitrogens with one attached hydrogen (secondary N) is 1. The molecule has 0 bridgehead atoms. The van der Waals surface area contributed by atoms with Crippen molar-refractivity contribution in [2.24, 2.45) is 0 Å². The number of carbonyl (C=O) groups is 2. The lowest BCUT2D eigenvalue weighted by molar-refractivity contribution is -0.146. The maximum Gasteiger partial charge on any atom is 0.376 e. The Bertz CT molecular complexity index is 921. The molecule has 0 amide bonds. The topological polar surface area (TPSA) is 90.4 Å². The van der Waals surface area contributed by atoms with E-state index in [2.05, 4.69) is 4.98 Å². The van der Waals surface area contributed by atoms with Gasteiger partial charge in [-0.2, -0.15) is 0 Å². The zero-order chi connectivity index (χ0) is 17.1. The Labute approximate surface area is 141 Å². The van der Waals surface area contributed by atoms with Crippen molar-refractivity contribution in [3.8, 4) is 21.7 Å². The Morgan fingerprint density at radius 3 is 2.50 bits per heavy atom. The second kappa shape index (κ2) is 6.55. The van der Waals surface area contributed by atoms with Crippen LogP contribution in [0.1, 0.15) is 5.56 Å². The van der Waals surface area contributed by atoms with E-state index in [1.54, 1.807) is 23.6 Å². The van der Waals surface area contributed by atoms with Crippen molar-refractivity contribution < 1.29 is 19.8 Å². The molecule has 3 rings (SSSR count). The van der Waals surface area contributed by atoms with Crippen molar-refractivity contribution in [1.82, 2.24) is 4.98 Å². The smallest absolute Gasteiger partial charge is 0.376 e. The monoisotopic (exact) mass is 339 g/mol. The van der Waals surface area contributed by atoms with E-state index in [-0.39, 0.29) is 5.76 Å². The maximum absolute atomic E-state index is 11.3. The zero-order valence-corrected chi connectivity index (χ0v) is 13.2. The van der Waals surface area contributed by atoms with Gasteiger partial charge in [-0.25, -0.2) is 4.79 Å². The van der Waals surface area contributed by atoms with E-state index in [4.69, 9.17) is 5.11 Å². The van der Waals surface area contributed by atoms with Crippen LogP contribution in [0.5, 0.6) is 0 Å². The number of aromatic nitrogens is 1. The number of aliphatic hydroxyl groups excluding tert-OH is 1. The third kappa shape index (κ3) is 3.00. The van der Waals surface area contributed by atoms with Crippen LogP contribution in [0.4, 0.5) is 0 Å². The number of ketones is 1. The van der Waals surface area contributed by atoms with Gasteiger partial charge in [0.1, 0.15) is 5.76 Å². The van der Waals surface area contributed by atoms with E-state index < -0.39 is 11.8 Å². The number of thiophene rings is 1. The molecule has 0 fully saturated rings. The summed E-state index contributed by atoms with van der Waals surface area (Å²) in [5, 5.41) is 20.7. The van der Waals surface area contributed by atoms with E-state index >= 15 is 0 Å². The molecule has 0 unspecified atom stereocenters. The van der Waals surface area contributed by atoms with Crippen molar-refractivity contribution in [2.45, 2.75) is 0 Å². The van der Waals surface area contributed by atoms with Gasteiger partial charge in [0.25, 0.3) is 5.78 Å². The van der Waals surface area contributed by atoms with Gasteiger partial charge in [0, 0.05) is 28.3 Å². The summed E-state index contributed by atoms with van der Waals surface area (Å²) in [6.45, 7) is 0. The van der Waals surface area contributed by atoms with E-state index in [1.807, 2.05) is 41.8 Å². The number of carbonyl (C=O) groups excluding carboxylic acids is 1. The van der Waals surface area contributed by atoms with Crippen molar-refractivity contribution >= 4 is 28.8 Å². The minimum Gasteiger partial charge on any atom is -0.507 e. The van der Waals surface area contributed by atoms with E-state index in [9.17, 15) is 14.7 Å². The van der Waals surface area contributed by atoms with Crippen molar-refractivity contribution in [2.75, 3.05) is 0 Å². The number of H-pyrrole nitrogens is 1. The van der Waals surface area contributed by atoms with Gasteiger partial charge in [-0.3, -0.25) is 4.79 Å². The second-order valence-corrected chi connectivity index (χ2v) is 5.91. The molecule has 120 valence electrons. The highest BCUT2D eigenvalue weighted by molar-refractivity contribution is 7.14. The average molecular weight is 339 g/mol. The lowest BCUT2D eigenvalue weighted by Gasteiger charge is -2.06. The summed E-state index contributed by atoms with van der Waals surface area (Å²) in [7, 11) is 0. The third-order valence-corrected chi connectivity index (χ3v) is 4.44. The fraction of sp³-hybridized carbons (Fsp3) is 0. The quantitative estimate of drug-likeness (QED) is 0.373. The van der Waals surface area contributed by atoms with E-state index in [0.29, 0.717) is 17.3 Å². The van der Waals surface area contributed by atoms with Crippen LogP contribution in [0, 0.1) is 0 Å². The lowest BCUT2D eigenvalue weighted by Crippen LogP contribution is -2.09. The van der Waals surface area contributed by atoms with Gasteiger partial charge in [-0.15, -0.1) is 11.3 Å². The fourth-order valence-corrected chi connectivity index (χ4v) is 3.30. The molecule has 0 spiro atoms. The van der Waals surface area contributed by atoms with Gasteiger partial charge in [-0.1, -0.05) is 30.3 Å². The van der Waals surface area contributed by atoms with Gasteiger partial charge in [0.15, 0.2) is 0 Å². The molecule has 24 heavy (non-hydrogen) atoms. The summed E-state index contributed by atoms with van der Waals surface area (Å²) in [5.41, 5.74) is 2.91. The maximum atomic E-state index is 11.3. The van der Waals surface area contributed by atoms with Crippen LogP contribution in [0.15, 0.2) is 60.1 Å². The zero-order valence-electron chi connectivity index (χ0n) is 12.4. The van der Waals surface area contributed by atoms with Gasteiger partial charge < -0.3 is 15.2 Å². The number of hydrogen-bond acceptors (Lipinski definition) is 4. The highest BCUT2D eigenvalue weighted by Gasteiger charge is 2.17. The minimum absolute atomic E-state index is 0.375. The Morgan fingerprint density at radius 1 is 1.04 bits per heavy atom. The molecule has 0 atom stereocenters. The van der Waals surface area contributed by atoms with Crippen LogP contribution >= 0.6 is 11.3 Å². The molecule has 2 aromatic heterocycles. The Morgan fingerprint density at radius 2 is 1.79 bits per heavy atom. The molecule has 5 nitrogen and oxygen atoms in total. The molecule has 0 aliphatic heterocycles. The third-order valence-electron chi connectivity index (χ3n) is 3.47. The second-order valence-electron chi connectivity index (χ2n) is 4.99. The molecular formula is C18H13NO4S. The van der Waals surface area contributed by atoms with Crippen LogP contribution in [0.3, 0.4) is 0 Å². The standard InChI is InChI=1S/C18H13NO4S/c20-14(10-15(21)18(22)23)12-6-8-19-16(12)13-7-9-24-17(13)11-4-2-1-3-5-11/h1-10,19-20H,(H,22,23). The van der Waals surface area contributed by atoms with Crippen LogP contribution in [-0.4, -0.2) is 26.9 Å². The number of carboxylic acids is 1. The lowest BCUT2D eigenvalue weighted by atomic mass is 10.0. The van der Waals surface area contributed by atoms with Gasteiger partial charge >= 0.3 is 5.97 Å². The highest BCUT2D eigenvalue weighted by Crippen LogP contribution is 2.38. The molecule has 0 radical (unpaired) electrons. The van der Waals surface area contributed by atoms with Crippen LogP contribution < -0.4 is 0 Å². The summed E-state index contributed by atoms with van der Waals surface area (Å²) >= 11 is 1.56. The summed E-state index contributed by atoms with van der Waals surface area (Å²) in [6, 6.07) is 13.3. The molecule has 3 aromatic rings. The molecule has 0 aliphatic carbocycles. The Balaban J connectivity index is 2.05. The summed E-state index contributed by atoms with van der Waals surface area (Å²) < 4.78 is 0. The van der Waals surface area contributed by atoms with Crippen molar-refractivity contribution in [3.63, 3.8) is 0 Å². The Hall–Kier alpha value is -3.12. The van der Waals surface area contributed by atoms with Crippen molar-refractivity contribution in [1.29, 1.82) is 0 Å². The number of benzene rings is 1. The summed E-state index contributed by atoms with van der Waals surface area (Å²) in [6.07, 6.45) is 2.34. The molecule has 6 heteroatoms. The SMILES string of the molecule is O=C(O)C(=O)C=C(O)c1cc[nH]c1-c1ccsc1-c1ccccc1. The predicted octanol–water partition coefficient (Wildman–Crippen LogP) is 3.96. The number of aliphatic carboxylic acids is 1. The molecule has 0 saturated carbocycles. The first-order chi connectivity index (χ1) is 11.6. The normalized spacial score (nSPS) is 11.4. The van der Waals surface area contributed by atoms with Crippen molar-refractivity contribution in [3.05, 3.63) is 65.7 Å². The molecule has 2 heterocycles. The Kier molecular flexibility index (Phi) is 4.31. The number of aromatic amines is 1. The van der Waals surface area contributed by atoms with Crippen LogP contribution in [0.25, 0.3) is 27.5 Å². The number of aliphatic hydroxyl groups is 1. The highest BCUT2D eigenvalue weighted by atomic mass is 32.1. The minimum atomic E-state index is -1.61. The fourth-order valence-electron chi connectivity index (χ4n) is 2.39. The average Bonchev–Trinajstić information content (AvgIpc) is 3.24. The molecule has 3 N–H and O–H groups in total. The molecular weight excluding hydrogens is 326 g/mol. The van der Waals surface area contributed by atoms with Gasteiger partial charge in [0.05, 0.1) is 5.69 Å². The first kappa shape index (κ1) is 15.8. The number of carboxylic acid groups (broad SMARTS) is 1. The first-order valence-corrected chi connectivity index (χ1v) is 7.95. The number of hydrogen-bond donors (Lipinski definition) is 3.